The molecule has 8 heteroatoms. The molecule has 0 radical (unpaired) electrons. The molecule has 0 aliphatic carbocycles. The summed E-state index contributed by atoms with van der Waals surface area (Å²) < 4.78 is 64.8. The van der Waals surface area contributed by atoms with Crippen molar-refractivity contribution in [1.29, 1.82) is 0 Å². The van der Waals surface area contributed by atoms with Crippen LogP contribution < -0.4 is 5.32 Å². The fraction of sp³-hybridized carbons (Fsp3) is 0.364. The third-order valence-electron chi connectivity index (χ3n) is 2.35. The van der Waals surface area contributed by atoms with Gasteiger partial charge in [-0.2, -0.15) is 0 Å². The smallest absolute Gasteiger partial charge is 0.223 e. The minimum absolute atomic E-state index is 0.146. The zero-order valence-electron chi connectivity index (χ0n) is 10.2. The molecule has 1 aromatic carbocycles. The number of hydrogen-bond donors (Lipinski definition) is 1. The molecule has 0 bridgehead atoms. The van der Waals surface area contributed by atoms with Crippen LogP contribution in [0.4, 0.5) is 27.6 Å². The van der Waals surface area contributed by atoms with E-state index in [1.807, 2.05) is 5.32 Å². The first-order chi connectivity index (χ1) is 8.77. The highest BCUT2D eigenvalue weighted by atomic mass is 19.2. The van der Waals surface area contributed by atoms with Crippen LogP contribution in [0.1, 0.15) is 6.42 Å². The van der Waals surface area contributed by atoms with Crippen molar-refractivity contribution < 1.29 is 26.7 Å². The van der Waals surface area contributed by atoms with E-state index in [2.05, 4.69) is 0 Å². The van der Waals surface area contributed by atoms with Gasteiger partial charge in [-0.05, 0) is 0 Å². The van der Waals surface area contributed by atoms with Crippen LogP contribution in [0.15, 0.2) is 0 Å². The lowest BCUT2D eigenvalue weighted by atomic mass is 10.2. The van der Waals surface area contributed by atoms with Crippen molar-refractivity contribution in [2.45, 2.75) is 6.42 Å². The minimum atomic E-state index is -2.22. The van der Waals surface area contributed by atoms with Crippen molar-refractivity contribution in [1.82, 2.24) is 4.90 Å². The Morgan fingerprint density at radius 2 is 1.37 bits per heavy atom. The van der Waals surface area contributed by atoms with Gasteiger partial charge in [0.25, 0.3) is 0 Å². The molecular formula is C11H11F5N2O. The zero-order valence-corrected chi connectivity index (χ0v) is 10.2. The summed E-state index contributed by atoms with van der Waals surface area (Å²) in [4.78, 5) is 12.4. The molecule has 3 nitrogen and oxygen atoms in total. The number of halogens is 5. The predicted octanol–water partition coefficient (Wildman–Crippen LogP) is 2.27. The maximum atomic E-state index is 13.2. The summed E-state index contributed by atoms with van der Waals surface area (Å²) in [5.74, 6) is -10.5. The average molecular weight is 282 g/mol. The number of benzene rings is 1. The lowest BCUT2D eigenvalue weighted by Gasteiger charge is -2.12. The van der Waals surface area contributed by atoms with E-state index in [9.17, 15) is 26.7 Å². The summed E-state index contributed by atoms with van der Waals surface area (Å²) >= 11 is 0. The van der Waals surface area contributed by atoms with E-state index in [1.54, 1.807) is 0 Å². The highest BCUT2D eigenvalue weighted by Crippen LogP contribution is 2.26. The van der Waals surface area contributed by atoms with Crippen LogP contribution in [0.5, 0.6) is 0 Å². The Labute approximate surface area is 106 Å². The molecule has 1 aromatic rings. The molecule has 0 aliphatic rings. The van der Waals surface area contributed by atoms with E-state index in [-0.39, 0.29) is 18.9 Å². The van der Waals surface area contributed by atoms with Crippen LogP contribution in [0.25, 0.3) is 0 Å². The number of amides is 1. The predicted molar refractivity (Wildman–Crippen MR) is 58.0 cm³/mol. The Hall–Kier alpha value is -1.86. The molecule has 19 heavy (non-hydrogen) atoms. The largest absolute Gasteiger partial charge is 0.380 e. The van der Waals surface area contributed by atoms with E-state index in [0.717, 1.165) is 0 Å². The first-order valence-corrected chi connectivity index (χ1v) is 5.22. The normalized spacial score (nSPS) is 10.5. The quantitative estimate of drug-likeness (QED) is 0.522. The van der Waals surface area contributed by atoms with Crippen LogP contribution in [0, 0.1) is 29.1 Å². The topological polar surface area (TPSA) is 32.3 Å². The van der Waals surface area contributed by atoms with E-state index in [1.165, 1.54) is 19.0 Å². The molecule has 1 amide bonds. The van der Waals surface area contributed by atoms with E-state index in [0.29, 0.717) is 0 Å². The molecule has 0 atom stereocenters. The molecule has 0 aromatic heterocycles. The van der Waals surface area contributed by atoms with Crippen molar-refractivity contribution in [2.24, 2.45) is 0 Å². The molecule has 1 N–H and O–H groups in total. The van der Waals surface area contributed by atoms with Gasteiger partial charge < -0.3 is 10.2 Å². The number of carbonyl (C=O) groups excluding carboxylic acids is 1. The maximum Gasteiger partial charge on any atom is 0.223 e. The molecule has 1 rings (SSSR count). The second-order valence-corrected chi connectivity index (χ2v) is 3.91. The molecule has 0 heterocycles. The summed E-state index contributed by atoms with van der Waals surface area (Å²) in [7, 11) is 2.95. The van der Waals surface area contributed by atoms with Crippen molar-refractivity contribution in [3.05, 3.63) is 29.1 Å². The van der Waals surface area contributed by atoms with Crippen LogP contribution in [0.2, 0.25) is 0 Å². The van der Waals surface area contributed by atoms with E-state index >= 15 is 0 Å². The number of rotatable bonds is 4. The molecule has 0 fully saturated rings. The van der Waals surface area contributed by atoms with Gasteiger partial charge in [0.1, 0.15) is 5.69 Å². The monoisotopic (exact) mass is 282 g/mol. The van der Waals surface area contributed by atoms with Gasteiger partial charge in [0, 0.05) is 27.1 Å². The SMILES string of the molecule is CN(C)C(=O)CCNc1c(F)c(F)c(F)c(F)c1F. The maximum absolute atomic E-state index is 13.2. The summed E-state index contributed by atoms with van der Waals surface area (Å²) in [5, 5.41) is 2.03. The Morgan fingerprint density at radius 3 is 1.79 bits per heavy atom. The van der Waals surface area contributed by atoms with Crippen LogP contribution in [0.3, 0.4) is 0 Å². The van der Waals surface area contributed by atoms with Crippen molar-refractivity contribution in [2.75, 3.05) is 26.0 Å². The van der Waals surface area contributed by atoms with Crippen molar-refractivity contribution in [3.63, 3.8) is 0 Å². The number of carbonyl (C=O) groups is 1. The van der Waals surface area contributed by atoms with E-state index in [4.69, 9.17) is 0 Å². The molecule has 0 saturated carbocycles. The summed E-state index contributed by atoms with van der Waals surface area (Å²) in [6, 6.07) is 0. The Kier molecular flexibility index (Phi) is 4.68. The number of hydrogen-bond acceptors (Lipinski definition) is 2. The van der Waals surface area contributed by atoms with Crippen LogP contribution in [-0.4, -0.2) is 31.4 Å². The molecule has 106 valence electrons. The Morgan fingerprint density at radius 1 is 0.947 bits per heavy atom. The Bertz CT molecular complexity index is 475. The first kappa shape index (κ1) is 15.2. The van der Waals surface area contributed by atoms with Crippen molar-refractivity contribution >= 4 is 11.6 Å². The lowest BCUT2D eigenvalue weighted by molar-refractivity contribution is -0.128. The summed E-state index contributed by atoms with van der Waals surface area (Å²) in [6.45, 7) is -0.255. The molecular weight excluding hydrogens is 271 g/mol. The van der Waals surface area contributed by atoms with Gasteiger partial charge in [-0.15, -0.1) is 0 Å². The minimum Gasteiger partial charge on any atom is -0.380 e. The molecule has 0 spiro atoms. The molecule has 0 aliphatic heterocycles. The average Bonchev–Trinajstić information content (AvgIpc) is 2.37. The number of nitrogens with zero attached hydrogens (tertiary/aromatic N) is 1. The van der Waals surface area contributed by atoms with Gasteiger partial charge in [-0.25, -0.2) is 22.0 Å². The molecule has 0 saturated heterocycles. The van der Waals surface area contributed by atoms with Gasteiger partial charge in [0.2, 0.25) is 11.7 Å². The highest BCUT2D eigenvalue weighted by Gasteiger charge is 2.25. The van der Waals surface area contributed by atoms with E-state index < -0.39 is 34.8 Å². The zero-order chi connectivity index (χ0) is 14.7. The van der Waals surface area contributed by atoms with Gasteiger partial charge in [0.15, 0.2) is 23.3 Å². The fourth-order valence-electron chi connectivity index (χ4n) is 1.28. The highest BCUT2D eigenvalue weighted by molar-refractivity contribution is 5.76. The third-order valence-corrected chi connectivity index (χ3v) is 2.35. The lowest BCUT2D eigenvalue weighted by Crippen LogP contribution is -2.24. The van der Waals surface area contributed by atoms with Crippen LogP contribution in [-0.2, 0) is 4.79 Å². The molecule has 0 unspecified atom stereocenters. The summed E-state index contributed by atoms with van der Waals surface area (Å²) in [6.07, 6.45) is -0.146. The van der Waals surface area contributed by atoms with Gasteiger partial charge in [-0.3, -0.25) is 4.79 Å². The van der Waals surface area contributed by atoms with Gasteiger partial charge in [0.05, 0.1) is 0 Å². The van der Waals surface area contributed by atoms with Gasteiger partial charge in [-0.1, -0.05) is 0 Å². The third kappa shape index (κ3) is 3.12. The fourth-order valence-corrected chi connectivity index (χ4v) is 1.28. The summed E-state index contributed by atoms with van der Waals surface area (Å²) in [5.41, 5.74) is -1.14. The Balaban J connectivity index is 2.88. The second-order valence-electron chi connectivity index (χ2n) is 3.91. The van der Waals surface area contributed by atoms with Gasteiger partial charge >= 0.3 is 0 Å². The first-order valence-electron chi connectivity index (χ1n) is 5.22. The number of anilines is 1. The van der Waals surface area contributed by atoms with Crippen LogP contribution >= 0.6 is 0 Å². The van der Waals surface area contributed by atoms with Crippen molar-refractivity contribution in [3.8, 4) is 0 Å². The standard InChI is InChI=1S/C11H11F5N2O/c1-18(2)5(19)3-4-17-11-9(15)7(13)6(12)8(14)10(11)16/h17H,3-4H2,1-2H3. The second kappa shape index (κ2) is 5.85. The number of nitrogens with one attached hydrogen (secondary N) is 1.